The van der Waals surface area contributed by atoms with E-state index in [1.54, 1.807) is 0 Å². The highest BCUT2D eigenvalue weighted by atomic mass is 16.2. The van der Waals surface area contributed by atoms with Crippen molar-refractivity contribution in [3.63, 3.8) is 0 Å². The molecule has 3 nitrogen and oxygen atoms in total. The molecular weight excluding hydrogens is 200 g/mol. The van der Waals surface area contributed by atoms with Crippen LogP contribution in [0.5, 0.6) is 0 Å². The maximum Gasteiger partial charge on any atom is 0.239 e. The van der Waals surface area contributed by atoms with E-state index in [-0.39, 0.29) is 5.91 Å². The quantitative estimate of drug-likeness (QED) is 0.664. The molecule has 0 aliphatic heterocycles. The van der Waals surface area contributed by atoms with Crippen LogP contribution < -0.4 is 0 Å². The first kappa shape index (κ1) is 13.0. The van der Waals surface area contributed by atoms with Crippen LogP contribution in [-0.4, -0.2) is 23.9 Å². The fourth-order valence-corrected chi connectivity index (χ4v) is 1.93. The zero-order valence-electron chi connectivity index (χ0n) is 10.4. The van der Waals surface area contributed by atoms with E-state index in [0.717, 1.165) is 25.9 Å². The highest BCUT2D eigenvalue weighted by Gasteiger charge is 2.29. The number of rotatable bonds is 7. The fourth-order valence-electron chi connectivity index (χ4n) is 1.93. The Morgan fingerprint density at radius 2 is 2.12 bits per heavy atom. The average molecular weight is 222 g/mol. The van der Waals surface area contributed by atoms with Crippen LogP contribution in [0.3, 0.4) is 0 Å². The highest BCUT2D eigenvalue weighted by Crippen LogP contribution is 2.30. The Kier molecular flexibility index (Phi) is 5.31. The van der Waals surface area contributed by atoms with E-state index in [0.29, 0.717) is 12.3 Å². The number of carbonyl (C=O) groups excluding carboxylic acids is 1. The first-order valence-corrected chi connectivity index (χ1v) is 6.41. The molecule has 0 N–H and O–H groups in total. The summed E-state index contributed by atoms with van der Waals surface area (Å²) in [4.78, 5) is 14.0. The van der Waals surface area contributed by atoms with Gasteiger partial charge in [-0.2, -0.15) is 5.26 Å². The lowest BCUT2D eigenvalue weighted by atomic mass is 10.0. The van der Waals surface area contributed by atoms with Gasteiger partial charge in [-0.1, -0.05) is 20.3 Å². The molecule has 0 aromatic heterocycles. The Balaban J connectivity index is 2.52. The minimum Gasteiger partial charge on any atom is -0.341 e. The van der Waals surface area contributed by atoms with Gasteiger partial charge in [-0.3, -0.25) is 4.79 Å². The normalized spacial score (nSPS) is 16.6. The van der Waals surface area contributed by atoms with E-state index in [9.17, 15) is 4.79 Å². The van der Waals surface area contributed by atoms with Crippen LogP contribution in [0.1, 0.15) is 46.0 Å². The minimum absolute atomic E-state index is 0.0538. The van der Waals surface area contributed by atoms with Crippen molar-refractivity contribution in [1.82, 2.24) is 4.90 Å². The summed E-state index contributed by atoms with van der Waals surface area (Å²) in [5, 5.41) is 9.00. The summed E-state index contributed by atoms with van der Waals surface area (Å²) in [5.74, 6) is 0.338. The molecule has 0 spiro atoms. The third-order valence-corrected chi connectivity index (χ3v) is 3.01. The summed E-state index contributed by atoms with van der Waals surface area (Å²) in [6, 6.07) is 2.14. The molecule has 1 fully saturated rings. The van der Waals surface area contributed by atoms with Crippen LogP contribution >= 0.6 is 0 Å². The van der Waals surface area contributed by atoms with Gasteiger partial charge in [-0.05, 0) is 31.6 Å². The van der Waals surface area contributed by atoms with Crippen molar-refractivity contribution < 1.29 is 4.79 Å². The van der Waals surface area contributed by atoms with E-state index in [2.05, 4.69) is 13.0 Å². The molecular formula is C13H22N2O. The lowest BCUT2D eigenvalue weighted by Crippen LogP contribution is -2.37. The van der Waals surface area contributed by atoms with E-state index in [1.807, 2.05) is 11.8 Å². The Labute approximate surface area is 98.4 Å². The molecule has 1 rings (SSSR count). The van der Waals surface area contributed by atoms with Gasteiger partial charge in [0.2, 0.25) is 5.91 Å². The minimum atomic E-state index is -0.421. The molecule has 0 heterocycles. The number of amides is 1. The molecule has 0 bridgehead atoms. The summed E-state index contributed by atoms with van der Waals surface area (Å²) in [5.41, 5.74) is 0. The van der Waals surface area contributed by atoms with Crippen LogP contribution in [0, 0.1) is 23.2 Å². The van der Waals surface area contributed by atoms with Gasteiger partial charge in [0, 0.05) is 13.1 Å². The second-order valence-electron chi connectivity index (χ2n) is 4.70. The third-order valence-electron chi connectivity index (χ3n) is 3.01. The molecule has 0 aromatic rings. The molecule has 0 aromatic carbocycles. The molecule has 1 atom stereocenters. The largest absolute Gasteiger partial charge is 0.341 e. The molecule has 90 valence electrons. The van der Waals surface area contributed by atoms with Crippen LogP contribution in [0.25, 0.3) is 0 Å². The molecule has 1 saturated carbocycles. The Bertz CT molecular complexity index is 266. The van der Waals surface area contributed by atoms with Crippen LogP contribution in [0.15, 0.2) is 0 Å². The highest BCUT2D eigenvalue weighted by molar-refractivity contribution is 5.81. The number of nitriles is 1. The zero-order chi connectivity index (χ0) is 12.0. The summed E-state index contributed by atoms with van der Waals surface area (Å²) in [6.45, 7) is 5.77. The Hall–Kier alpha value is -1.04. The second-order valence-corrected chi connectivity index (χ2v) is 4.70. The van der Waals surface area contributed by atoms with Crippen LogP contribution in [0.2, 0.25) is 0 Å². The van der Waals surface area contributed by atoms with Gasteiger partial charge < -0.3 is 4.90 Å². The monoisotopic (exact) mass is 222 g/mol. The molecule has 1 aliphatic rings. The second kappa shape index (κ2) is 6.52. The molecule has 0 saturated heterocycles. The summed E-state index contributed by atoms with van der Waals surface area (Å²) >= 11 is 0. The van der Waals surface area contributed by atoms with Crippen molar-refractivity contribution in [3.05, 3.63) is 0 Å². The smallest absolute Gasteiger partial charge is 0.239 e. The van der Waals surface area contributed by atoms with Gasteiger partial charge in [0.05, 0.1) is 6.07 Å². The zero-order valence-corrected chi connectivity index (χ0v) is 10.4. The molecule has 0 radical (unpaired) electrons. The number of nitrogens with zero attached hydrogens (tertiary/aromatic N) is 2. The van der Waals surface area contributed by atoms with Gasteiger partial charge in [0.1, 0.15) is 5.92 Å². The average Bonchev–Trinajstić information content (AvgIpc) is 3.08. The number of hydrogen-bond donors (Lipinski definition) is 0. The molecule has 1 amide bonds. The van der Waals surface area contributed by atoms with Gasteiger partial charge in [0.25, 0.3) is 0 Å². The van der Waals surface area contributed by atoms with E-state index >= 15 is 0 Å². The van der Waals surface area contributed by atoms with E-state index < -0.39 is 5.92 Å². The van der Waals surface area contributed by atoms with Gasteiger partial charge in [-0.25, -0.2) is 0 Å². The Morgan fingerprint density at radius 1 is 1.44 bits per heavy atom. The SMILES string of the molecule is CCCC(C#N)C(=O)N(CCC)CC1CC1. The lowest BCUT2D eigenvalue weighted by molar-refractivity contribution is -0.134. The first-order valence-electron chi connectivity index (χ1n) is 6.41. The first-order chi connectivity index (χ1) is 7.72. The van der Waals surface area contributed by atoms with Crippen molar-refractivity contribution in [2.45, 2.75) is 46.0 Å². The van der Waals surface area contributed by atoms with Crippen molar-refractivity contribution >= 4 is 5.91 Å². The summed E-state index contributed by atoms with van der Waals surface area (Å²) in [7, 11) is 0. The van der Waals surface area contributed by atoms with Crippen molar-refractivity contribution in [1.29, 1.82) is 5.26 Å². The Morgan fingerprint density at radius 3 is 2.56 bits per heavy atom. The van der Waals surface area contributed by atoms with Crippen molar-refractivity contribution in [3.8, 4) is 6.07 Å². The molecule has 1 unspecified atom stereocenters. The van der Waals surface area contributed by atoms with Gasteiger partial charge in [-0.15, -0.1) is 0 Å². The van der Waals surface area contributed by atoms with Crippen LogP contribution in [0.4, 0.5) is 0 Å². The topological polar surface area (TPSA) is 44.1 Å². The number of hydrogen-bond acceptors (Lipinski definition) is 2. The standard InChI is InChI=1S/C13H22N2O/c1-3-5-12(9-14)13(16)15(8-4-2)10-11-6-7-11/h11-12H,3-8,10H2,1-2H3. The third kappa shape index (κ3) is 3.84. The summed E-state index contributed by atoms with van der Waals surface area (Å²) in [6.07, 6.45) is 5.06. The molecule has 1 aliphatic carbocycles. The lowest BCUT2D eigenvalue weighted by Gasteiger charge is -2.24. The van der Waals surface area contributed by atoms with Crippen molar-refractivity contribution in [2.75, 3.05) is 13.1 Å². The maximum absolute atomic E-state index is 12.1. The van der Waals surface area contributed by atoms with Gasteiger partial charge >= 0.3 is 0 Å². The van der Waals surface area contributed by atoms with Crippen molar-refractivity contribution in [2.24, 2.45) is 11.8 Å². The van der Waals surface area contributed by atoms with Crippen LogP contribution in [-0.2, 0) is 4.79 Å². The fraction of sp³-hybridized carbons (Fsp3) is 0.846. The van der Waals surface area contributed by atoms with E-state index in [1.165, 1.54) is 12.8 Å². The number of carbonyl (C=O) groups is 1. The molecule has 3 heteroatoms. The predicted molar refractivity (Wildman–Crippen MR) is 63.6 cm³/mol. The summed E-state index contributed by atoms with van der Waals surface area (Å²) < 4.78 is 0. The van der Waals surface area contributed by atoms with E-state index in [4.69, 9.17) is 5.26 Å². The predicted octanol–water partition coefficient (Wildman–Crippen LogP) is 2.57. The van der Waals surface area contributed by atoms with Gasteiger partial charge in [0.15, 0.2) is 0 Å². The maximum atomic E-state index is 12.1. The molecule has 16 heavy (non-hydrogen) atoms.